The highest BCUT2D eigenvalue weighted by Gasteiger charge is 2.17. The number of hydrogen-bond donors (Lipinski definition) is 0. The molecule has 0 amide bonds. The Morgan fingerprint density at radius 2 is 2.29 bits per heavy atom. The van der Waals surface area contributed by atoms with Gasteiger partial charge in [0.05, 0.1) is 12.2 Å². The molecule has 6 nitrogen and oxygen atoms in total. The molecule has 0 spiro atoms. The first-order valence-electron chi connectivity index (χ1n) is 7.29. The maximum atomic E-state index is 9.50. The van der Waals surface area contributed by atoms with Crippen molar-refractivity contribution >= 4 is 34.4 Å². The average Bonchev–Trinajstić information content (AvgIpc) is 3.17. The lowest BCUT2D eigenvalue weighted by Crippen LogP contribution is -2.18. The quantitative estimate of drug-likeness (QED) is 0.693. The van der Waals surface area contributed by atoms with Gasteiger partial charge >= 0.3 is 0 Å². The largest absolute Gasteiger partial charge is 0.375 e. The number of imidazole rings is 1. The van der Waals surface area contributed by atoms with Crippen molar-refractivity contribution in [3.63, 3.8) is 0 Å². The zero-order valence-electron chi connectivity index (χ0n) is 13.5. The summed E-state index contributed by atoms with van der Waals surface area (Å²) in [7, 11) is 3.56. The Labute approximate surface area is 148 Å². The zero-order chi connectivity index (χ0) is 17.3. The zero-order valence-corrected chi connectivity index (χ0v) is 15.1. The van der Waals surface area contributed by atoms with Crippen LogP contribution in [-0.4, -0.2) is 28.5 Å². The molecule has 0 N–H and O–H groups in total. The minimum absolute atomic E-state index is 0.0268. The number of halogens is 1. The van der Waals surface area contributed by atoms with Gasteiger partial charge in [0.2, 0.25) is 0 Å². The topological polar surface area (TPSA) is 66.4 Å². The fraction of sp³-hybridized carbons (Fsp3) is 0.312. The molecule has 3 heterocycles. The second-order valence-corrected chi connectivity index (χ2v) is 6.71. The number of thiazole rings is 1. The van der Waals surface area contributed by atoms with Gasteiger partial charge in [0, 0.05) is 36.8 Å². The molecular formula is C16H16ClN5OS. The normalized spacial score (nSPS) is 12.3. The van der Waals surface area contributed by atoms with Gasteiger partial charge in [0.25, 0.3) is 0 Å². The van der Waals surface area contributed by atoms with Crippen molar-refractivity contribution in [2.24, 2.45) is 0 Å². The molecule has 0 bridgehead atoms. The summed E-state index contributed by atoms with van der Waals surface area (Å²) in [6.07, 6.45) is 1.72. The van der Waals surface area contributed by atoms with Gasteiger partial charge in [-0.3, -0.25) is 4.40 Å². The van der Waals surface area contributed by atoms with Crippen LogP contribution in [0.25, 0.3) is 5.65 Å². The Kier molecular flexibility index (Phi) is 4.71. The molecule has 3 aromatic heterocycles. The van der Waals surface area contributed by atoms with E-state index in [2.05, 4.69) is 16.0 Å². The number of pyridine rings is 1. The maximum Gasteiger partial charge on any atom is 0.169 e. The summed E-state index contributed by atoms with van der Waals surface area (Å²) in [5, 5.41) is 13.0. The van der Waals surface area contributed by atoms with Crippen molar-refractivity contribution in [3.05, 3.63) is 45.1 Å². The molecule has 0 saturated carbocycles. The monoisotopic (exact) mass is 361 g/mol. The van der Waals surface area contributed by atoms with E-state index in [1.165, 1.54) is 0 Å². The SMILES string of the molecule is COC(C)c1nc(CN(C)c2nc3cc(Cl)ccn3c2C#N)cs1. The summed E-state index contributed by atoms with van der Waals surface area (Å²) in [5.41, 5.74) is 2.04. The Hall–Kier alpha value is -2.14. The molecule has 0 aliphatic heterocycles. The first-order valence-corrected chi connectivity index (χ1v) is 8.55. The van der Waals surface area contributed by atoms with E-state index >= 15 is 0 Å². The van der Waals surface area contributed by atoms with E-state index < -0.39 is 0 Å². The predicted octanol–water partition coefficient (Wildman–Crippen LogP) is 3.66. The van der Waals surface area contributed by atoms with Crippen molar-refractivity contribution in [1.82, 2.24) is 14.4 Å². The number of nitrogens with zero attached hydrogens (tertiary/aromatic N) is 5. The van der Waals surface area contributed by atoms with E-state index in [-0.39, 0.29) is 6.10 Å². The highest BCUT2D eigenvalue weighted by Crippen LogP contribution is 2.25. The van der Waals surface area contributed by atoms with Gasteiger partial charge in [-0.15, -0.1) is 11.3 Å². The number of methoxy groups -OCH3 is 1. The smallest absolute Gasteiger partial charge is 0.169 e. The van der Waals surface area contributed by atoms with E-state index in [0.717, 1.165) is 10.7 Å². The number of rotatable bonds is 5. The van der Waals surface area contributed by atoms with E-state index in [1.807, 2.05) is 24.3 Å². The molecule has 1 unspecified atom stereocenters. The van der Waals surface area contributed by atoms with E-state index in [4.69, 9.17) is 16.3 Å². The van der Waals surface area contributed by atoms with Crippen LogP contribution in [0.3, 0.4) is 0 Å². The van der Waals surface area contributed by atoms with Crippen molar-refractivity contribution in [3.8, 4) is 6.07 Å². The number of nitriles is 1. The van der Waals surface area contributed by atoms with Gasteiger partial charge in [0.15, 0.2) is 11.5 Å². The molecule has 124 valence electrons. The maximum absolute atomic E-state index is 9.50. The second kappa shape index (κ2) is 6.77. The lowest BCUT2D eigenvalue weighted by Gasteiger charge is -2.15. The number of hydrogen-bond acceptors (Lipinski definition) is 6. The van der Waals surface area contributed by atoms with Gasteiger partial charge in [-0.05, 0) is 13.0 Å². The van der Waals surface area contributed by atoms with Gasteiger partial charge in [0.1, 0.15) is 22.8 Å². The molecule has 3 aromatic rings. The van der Waals surface area contributed by atoms with Crippen LogP contribution >= 0.6 is 22.9 Å². The van der Waals surface area contributed by atoms with Crippen LogP contribution in [0.15, 0.2) is 23.7 Å². The molecule has 8 heteroatoms. The van der Waals surface area contributed by atoms with Crippen molar-refractivity contribution < 1.29 is 4.74 Å². The third kappa shape index (κ3) is 3.08. The molecule has 0 fully saturated rings. The molecule has 1 atom stereocenters. The van der Waals surface area contributed by atoms with Crippen LogP contribution in [0.2, 0.25) is 5.02 Å². The van der Waals surface area contributed by atoms with E-state index in [9.17, 15) is 5.26 Å². The number of aromatic nitrogens is 3. The van der Waals surface area contributed by atoms with Crippen LogP contribution in [-0.2, 0) is 11.3 Å². The van der Waals surface area contributed by atoms with Gasteiger partial charge in [-0.1, -0.05) is 11.6 Å². The van der Waals surface area contributed by atoms with Crippen LogP contribution < -0.4 is 4.90 Å². The Bertz CT molecular complexity index is 913. The third-order valence-electron chi connectivity index (χ3n) is 3.71. The minimum atomic E-state index is -0.0268. The van der Waals surface area contributed by atoms with Gasteiger partial charge in [-0.25, -0.2) is 9.97 Å². The predicted molar refractivity (Wildman–Crippen MR) is 94.6 cm³/mol. The summed E-state index contributed by atoms with van der Waals surface area (Å²) >= 11 is 7.57. The van der Waals surface area contributed by atoms with E-state index in [0.29, 0.717) is 28.7 Å². The Morgan fingerprint density at radius 1 is 1.50 bits per heavy atom. The molecule has 3 rings (SSSR count). The standard InChI is InChI=1S/C16H16ClN5OS/c1-10(23-3)16-19-12(9-24-16)8-21(2)15-13(7-18)22-5-4-11(17)6-14(22)20-15/h4-6,9-10H,8H2,1-3H3. The summed E-state index contributed by atoms with van der Waals surface area (Å²) in [4.78, 5) is 11.0. The Balaban J connectivity index is 1.90. The first-order chi connectivity index (χ1) is 11.5. The van der Waals surface area contributed by atoms with Gasteiger partial charge in [-0.2, -0.15) is 5.26 Å². The summed E-state index contributed by atoms with van der Waals surface area (Å²) in [6.45, 7) is 2.52. The van der Waals surface area contributed by atoms with Crippen LogP contribution in [0.4, 0.5) is 5.82 Å². The summed E-state index contributed by atoms with van der Waals surface area (Å²) in [6, 6.07) is 5.69. The molecule has 0 radical (unpaired) electrons. The lowest BCUT2D eigenvalue weighted by atomic mass is 10.3. The fourth-order valence-corrected chi connectivity index (χ4v) is 3.37. The van der Waals surface area contributed by atoms with Gasteiger partial charge < -0.3 is 9.64 Å². The fourth-order valence-electron chi connectivity index (χ4n) is 2.38. The van der Waals surface area contributed by atoms with Crippen LogP contribution in [0, 0.1) is 11.3 Å². The lowest BCUT2D eigenvalue weighted by molar-refractivity contribution is 0.119. The van der Waals surface area contributed by atoms with E-state index in [1.54, 1.807) is 41.2 Å². The molecule has 0 saturated heterocycles. The molecule has 0 aromatic carbocycles. The molecule has 0 aliphatic rings. The average molecular weight is 362 g/mol. The summed E-state index contributed by atoms with van der Waals surface area (Å²) in [5.74, 6) is 0.606. The molecule has 0 aliphatic carbocycles. The molecular weight excluding hydrogens is 346 g/mol. The number of ether oxygens (including phenoxy) is 1. The minimum Gasteiger partial charge on any atom is -0.375 e. The third-order valence-corrected chi connectivity index (χ3v) is 5.00. The molecule has 24 heavy (non-hydrogen) atoms. The highest BCUT2D eigenvalue weighted by atomic mass is 35.5. The van der Waals surface area contributed by atoms with Crippen LogP contribution in [0.5, 0.6) is 0 Å². The Morgan fingerprint density at radius 3 is 3.00 bits per heavy atom. The van der Waals surface area contributed by atoms with Crippen molar-refractivity contribution in [2.75, 3.05) is 19.1 Å². The van der Waals surface area contributed by atoms with Crippen LogP contribution in [0.1, 0.15) is 29.4 Å². The van der Waals surface area contributed by atoms with Crippen molar-refractivity contribution in [2.45, 2.75) is 19.6 Å². The summed E-state index contributed by atoms with van der Waals surface area (Å²) < 4.78 is 7.02. The number of anilines is 1. The number of fused-ring (bicyclic) bond motifs is 1. The van der Waals surface area contributed by atoms with Crippen molar-refractivity contribution in [1.29, 1.82) is 5.26 Å². The highest BCUT2D eigenvalue weighted by molar-refractivity contribution is 7.09. The first kappa shape index (κ1) is 16.7. The second-order valence-electron chi connectivity index (χ2n) is 5.38.